The number of nitrogens with zero attached hydrogens (tertiary/aromatic N) is 3. The van der Waals surface area contributed by atoms with Crippen molar-refractivity contribution in [3.63, 3.8) is 0 Å². The minimum Gasteiger partial charge on any atom is -0.384 e. The Morgan fingerprint density at radius 2 is 2.00 bits per heavy atom. The number of hydrogen-bond donors (Lipinski definition) is 1. The van der Waals surface area contributed by atoms with Crippen LogP contribution >= 0.6 is 11.8 Å². The molecule has 0 atom stereocenters. The maximum absolute atomic E-state index is 5.62. The van der Waals surface area contributed by atoms with E-state index in [9.17, 15) is 0 Å². The van der Waals surface area contributed by atoms with Crippen molar-refractivity contribution in [3.8, 4) is 11.3 Å². The number of anilines is 1. The fourth-order valence-electron chi connectivity index (χ4n) is 2.18. The molecule has 5 heteroatoms. The molecular weight excluding hydrogens is 268 g/mol. The molecule has 4 nitrogen and oxygen atoms in total. The summed E-state index contributed by atoms with van der Waals surface area (Å²) >= 11 is 1.93. The van der Waals surface area contributed by atoms with Gasteiger partial charge in [-0.15, -0.1) is 0 Å². The van der Waals surface area contributed by atoms with Gasteiger partial charge in [-0.3, -0.25) is 0 Å². The van der Waals surface area contributed by atoms with Gasteiger partial charge in [0.15, 0.2) is 0 Å². The molecule has 2 heterocycles. The van der Waals surface area contributed by atoms with E-state index >= 15 is 0 Å². The molecule has 0 fully saturated rings. The quantitative estimate of drug-likeness (QED) is 0.757. The lowest BCUT2D eigenvalue weighted by Gasteiger charge is -2.08. The number of unbranched alkanes of at least 4 members (excludes halogenated alkanes) is 3. The zero-order chi connectivity index (χ0) is 14.2. The van der Waals surface area contributed by atoms with Gasteiger partial charge in [0.25, 0.3) is 0 Å². The van der Waals surface area contributed by atoms with Crippen molar-refractivity contribution in [2.75, 3.05) is 17.7 Å². The smallest absolute Gasteiger partial charge is 0.123 e. The number of thioether (sulfide) groups is 1. The Morgan fingerprint density at radius 1 is 1.15 bits per heavy atom. The lowest BCUT2D eigenvalue weighted by molar-refractivity contribution is 0.586. The van der Waals surface area contributed by atoms with Gasteiger partial charge in [-0.25, -0.2) is 9.97 Å². The summed E-state index contributed by atoms with van der Waals surface area (Å²) in [5.41, 5.74) is 7.80. The van der Waals surface area contributed by atoms with Crippen molar-refractivity contribution >= 4 is 17.6 Å². The van der Waals surface area contributed by atoms with E-state index in [0.29, 0.717) is 5.82 Å². The first-order valence-electron chi connectivity index (χ1n) is 7.02. The van der Waals surface area contributed by atoms with Gasteiger partial charge in [0.05, 0.1) is 18.2 Å². The molecule has 0 saturated carbocycles. The zero-order valence-corrected chi connectivity index (χ0v) is 12.8. The molecular formula is C15H22N4S. The molecule has 0 aliphatic carbocycles. The number of nitrogen functional groups attached to an aromatic ring is 1. The molecule has 0 aromatic carbocycles. The molecule has 0 aliphatic heterocycles. The monoisotopic (exact) mass is 290 g/mol. The van der Waals surface area contributed by atoms with Crippen LogP contribution in [0.25, 0.3) is 11.3 Å². The largest absolute Gasteiger partial charge is 0.384 e. The molecule has 108 valence electrons. The summed E-state index contributed by atoms with van der Waals surface area (Å²) in [6.07, 6.45) is 12.9. The molecule has 2 N–H and O–H groups in total. The van der Waals surface area contributed by atoms with Crippen LogP contribution in [0.1, 0.15) is 25.7 Å². The number of pyridine rings is 1. The molecule has 0 aliphatic rings. The Morgan fingerprint density at radius 3 is 2.75 bits per heavy atom. The van der Waals surface area contributed by atoms with Crippen molar-refractivity contribution < 1.29 is 0 Å². The molecule has 2 rings (SSSR count). The van der Waals surface area contributed by atoms with Crippen molar-refractivity contribution in [1.82, 2.24) is 14.5 Å². The first kappa shape index (κ1) is 14.9. The van der Waals surface area contributed by atoms with Crippen molar-refractivity contribution in [2.45, 2.75) is 32.2 Å². The normalized spacial score (nSPS) is 10.8. The molecule has 0 radical (unpaired) electrons. The van der Waals surface area contributed by atoms with Crippen LogP contribution in [0.5, 0.6) is 0 Å². The van der Waals surface area contributed by atoms with Crippen LogP contribution < -0.4 is 5.73 Å². The van der Waals surface area contributed by atoms with E-state index in [1.165, 1.54) is 31.4 Å². The van der Waals surface area contributed by atoms with Crippen molar-refractivity contribution in [3.05, 3.63) is 30.9 Å². The topological polar surface area (TPSA) is 56.7 Å². The summed E-state index contributed by atoms with van der Waals surface area (Å²) in [5, 5.41) is 0. The van der Waals surface area contributed by atoms with Gasteiger partial charge in [-0.05, 0) is 37.0 Å². The Kier molecular flexibility index (Phi) is 5.92. The number of hydrogen-bond acceptors (Lipinski definition) is 4. The van der Waals surface area contributed by atoms with Crippen LogP contribution in [0.2, 0.25) is 0 Å². The third-order valence-corrected chi connectivity index (χ3v) is 3.99. The average molecular weight is 290 g/mol. The van der Waals surface area contributed by atoms with Crippen LogP contribution in [-0.2, 0) is 6.54 Å². The lowest BCUT2D eigenvalue weighted by Crippen LogP contribution is -1.99. The highest BCUT2D eigenvalue weighted by Gasteiger charge is 2.05. The summed E-state index contributed by atoms with van der Waals surface area (Å²) in [7, 11) is 0. The second-order valence-corrected chi connectivity index (χ2v) is 5.84. The highest BCUT2D eigenvalue weighted by atomic mass is 32.2. The van der Waals surface area contributed by atoms with Crippen LogP contribution in [0.3, 0.4) is 0 Å². The molecule has 20 heavy (non-hydrogen) atoms. The van der Waals surface area contributed by atoms with Crippen LogP contribution in [0.4, 0.5) is 5.82 Å². The number of imidazole rings is 1. The lowest BCUT2D eigenvalue weighted by atomic mass is 10.2. The van der Waals surface area contributed by atoms with E-state index in [0.717, 1.165) is 17.8 Å². The second kappa shape index (κ2) is 7.94. The van der Waals surface area contributed by atoms with Crippen LogP contribution in [0, 0.1) is 0 Å². The van der Waals surface area contributed by atoms with E-state index in [1.54, 1.807) is 6.20 Å². The fourth-order valence-corrected chi connectivity index (χ4v) is 2.67. The number of aryl methyl sites for hydroxylation is 1. The van der Waals surface area contributed by atoms with E-state index in [4.69, 9.17) is 5.73 Å². The van der Waals surface area contributed by atoms with Gasteiger partial charge >= 0.3 is 0 Å². The van der Waals surface area contributed by atoms with Crippen molar-refractivity contribution in [2.24, 2.45) is 0 Å². The van der Waals surface area contributed by atoms with Gasteiger partial charge in [0, 0.05) is 18.3 Å². The minimum absolute atomic E-state index is 0.550. The molecule has 2 aromatic rings. The highest BCUT2D eigenvalue weighted by Crippen LogP contribution is 2.19. The molecule has 0 amide bonds. The van der Waals surface area contributed by atoms with Gasteiger partial charge in [0.2, 0.25) is 0 Å². The Balaban J connectivity index is 1.87. The van der Waals surface area contributed by atoms with Gasteiger partial charge in [-0.2, -0.15) is 11.8 Å². The first-order chi connectivity index (χ1) is 9.81. The van der Waals surface area contributed by atoms with Crippen molar-refractivity contribution in [1.29, 1.82) is 0 Å². The summed E-state index contributed by atoms with van der Waals surface area (Å²) in [6.45, 7) is 1.01. The maximum Gasteiger partial charge on any atom is 0.123 e. The summed E-state index contributed by atoms with van der Waals surface area (Å²) in [4.78, 5) is 8.39. The van der Waals surface area contributed by atoms with Gasteiger partial charge < -0.3 is 10.3 Å². The third kappa shape index (κ3) is 4.27. The minimum atomic E-state index is 0.550. The van der Waals surface area contributed by atoms with E-state index in [1.807, 2.05) is 36.4 Å². The standard InChI is InChI=1S/C15H22N4S/c1-20-9-5-3-2-4-8-19-12-17-11-14(19)13-6-7-15(16)18-10-13/h6-7,10-12H,2-5,8-9H2,1H3,(H2,16,18). The molecule has 0 saturated heterocycles. The molecule has 0 spiro atoms. The first-order valence-corrected chi connectivity index (χ1v) is 8.41. The summed E-state index contributed by atoms with van der Waals surface area (Å²) in [5.74, 6) is 1.82. The second-order valence-electron chi connectivity index (χ2n) is 4.85. The Bertz CT molecular complexity index is 507. The van der Waals surface area contributed by atoms with E-state index in [2.05, 4.69) is 20.8 Å². The number of nitrogens with two attached hydrogens (primary N) is 1. The number of rotatable bonds is 8. The van der Waals surface area contributed by atoms with E-state index in [-0.39, 0.29) is 0 Å². The fraction of sp³-hybridized carbons (Fsp3) is 0.467. The van der Waals surface area contributed by atoms with E-state index < -0.39 is 0 Å². The van der Waals surface area contributed by atoms with Crippen LogP contribution in [-0.4, -0.2) is 26.5 Å². The highest BCUT2D eigenvalue weighted by molar-refractivity contribution is 7.98. The molecule has 0 unspecified atom stereocenters. The summed E-state index contributed by atoms with van der Waals surface area (Å²) in [6, 6.07) is 3.82. The zero-order valence-electron chi connectivity index (χ0n) is 12.0. The van der Waals surface area contributed by atoms with Gasteiger partial charge in [0.1, 0.15) is 5.82 Å². The summed E-state index contributed by atoms with van der Waals surface area (Å²) < 4.78 is 2.20. The Labute approximate surface area is 124 Å². The maximum atomic E-state index is 5.62. The molecule has 0 bridgehead atoms. The Hall–Kier alpha value is -1.49. The average Bonchev–Trinajstić information content (AvgIpc) is 2.92. The third-order valence-electron chi connectivity index (χ3n) is 3.29. The predicted molar refractivity (Wildman–Crippen MR) is 86.7 cm³/mol. The molecule has 2 aromatic heterocycles. The van der Waals surface area contributed by atoms with Crippen LogP contribution in [0.15, 0.2) is 30.9 Å². The predicted octanol–water partition coefficient (Wildman–Crippen LogP) is 3.45. The van der Waals surface area contributed by atoms with Gasteiger partial charge in [-0.1, -0.05) is 12.8 Å². The SMILES string of the molecule is CSCCCCCCn1cncc1-c1ccc(N)nc1. The number of aromatic nitrogens is 3.